The highest BCUT2D eigenvalue weighted by Crippen LogP contribution is 2.33. The first-order valence-electron chi connectivity index (χ1n) is 6.51. The molecule has 5 heteroatoms. The van der Waals surface area contributed by atoms with Gasteiger partial charge in [-0.05, 0) is 18.1 Å². The number of para-hydroxylation sites is 1. The fraction of sp³-hybridized carbons (Fsp3) is 0.429. The molecule has 2 unspecified atom stereocenters. The van der Waals surface area contributed by atoms with Crippen LogP contribution in [0.1, 0.15) is 17.9 Å². The average molecular weight is 260 g/mol. The third-order valence-electron chi connectivity index (χ3n) is 3.98. The highest BCUT2D eigenvalue weighted by atomic mass is 16.4. The number of aliphatic carboxylic acids is 1. The molecular formula is C14H16N2O3. The van der Waals surface area contributed by atoms with Crippen LogP contribution in [0, 0.1) is 5.92 Å². The molecule has 3 rings (SSSR count). The normalized spacial score (nSPS) is 24.9. The number of nitrogens with zero attached hydrogens (tertiary/aromatic N) is 1. The molecule has 0 radical (unpaired) electrons. The Morgan fingerprint density at radius 2 is 2.11 bits per heavy atom. The Hall–Kier alpha value is -2.04. The van der Waals surface area contributed by atoms with Gasteiger partial charge in [-0.2, -0.15) is 0 Å². The number of benzene rings is 1. The van der Waals surface area contributed by atoms with Crippen molar-refractivity contribution >= 4 is 17.6 Å². The van der Waals surface area contributed by atoms with Crippen LogP contribution < -0.4 is 5.32 Å². The molecule has 0 saturated carbocycles. The lowest BCUT2D eigenvalue weighted by molar-refractivity contribution is -0.141. The minimum Gasteiger partial charge on any atom is -0.481 e. The van der Waals surface area contributed by atoms with Gasteiger partial charge >= 0.3 is 5.97 Å². The first-order valence-corrected chi connectivity index (χ1v) is 6.51. The van der Waals surface area contributed by atoms with Crippen molar-refractivity contribution in [3.63, 3.8) is 0 Å². The molecule has 1 aromatic carbocycles. The highest BCUT2D eigenvalue weighted by molar-refractivity contribution is 5.89. The monoisotopic (exact) mass is 260 g/mol. The SMILES string of the molecule is O=C(O)C1CCN(C(=O)C2CNc3ccccc32)C1. The molecule has 1 amide bonds. The van der Waals surface area contributed by atoms with E-state index < -0.39 is 11.9 Å². The Morgan fingerprint density at radius 3 is 2.84 bits per heavy atom. The number of amides is 1. The lowest BCUT2D eigenvalue weighted by atomic mass is 10.00. The molecular weight excluding hydrogens is 244 g/mol. The van der Waals surface area contributed by atoms with E-state index in [4.69, 9.17) is 5.11 Å². The van der Waals surface area contributed by atoms with Gasteiger partial charge in [-0.15, -0.1) is 0 Å². The third-order valence-corrected chi connectivity index (χ3v) is 3.98. The van der Waals surface area contributed by atoms with Gasteiger partial charge in [0.25, 0.3) is 0 Å². The lowest BCUT2D eigenvalue weighted by Crippen LogP contribution is -2.34. The number of nitrogens with one attached hydrogen (secondary N) is 1. The molecule has 2 atom stereocenters. The topological polar surface area (TPSA) is 69.6 Å². The van der Waals surface area contributed by atoms with Crippen LogP contribution in [0.15, 0.2) is 24.3 Å². The molecule has 100 valence electrons. The van der Waals surface area contributed by atoms with Crippen molar-refractivity contribution in [2.45, 2.75) is 12.3 Å². The van der Waals surface area contributed by atoms with E-state index in [9.17, 15) is 9.59 Å². The average Bonchev–Trinajstić information content (AvgIpc) is 3.05. The summed E-state index contributed by atoms with van der Waals surface area (Å²) in [6.45, 7) is 1.49. The van der Waals surface area contributed by atoms with Crippen molar-refractivity contribution in [3.05, 3.63) is 29.8 Å². The molecule has 2 aliphatic rings. The molecule has 2 N–H and O–H groups in total. The van der Waals surface area contributed by atoms with Crippen molar-refractivity contribution in [2.75, 3.05) is 25.0 Å². The van der Waals surface area contributed by atoms with Gasteiger partial charge in [-0.1, -0.05) is 18.2 Å². The summed E-state index contributed by atoms with van der Waals surface area (Å²) in [5, 5.41) is 12.2. The second-order valence-electron chi connectivity index (χ2n) is 5.13. The van der Waals surface area contributed by atoms with Gasteiger partial charge in [-0.3, -0.25) is 9.59 Å². The van der Waals surface area contributed by atoms with Gasteiger partial charge in [0.05, 0.1) is 11.8 Å². The van der Waals surface area contributed by atoms with Crippen LogP contribution >= 0.6 is 0 Å². The molecule has 0 bridgehead atoms. The largest absolute Gasteiger partial charge is 0.481 e. The number of likely N-dealkylation sites (tertiary alicyclic amines) is 1. The zero-order valence-electron chi connectivity index (χ0n) is 10.5. The summed E-state index contributed by atoms with van der Waals surface area (Å²) in [7, 11) is 0. The van der Waals surface area contributed by atoms with Crippen LogP contribution in [-0.4, -0.2) is 41.5 Å². The van der Waals surface area contributed by atoms with E-state index in [-0.39, 0.29) is 11.8 Å². The number of hydrogen-bond acceptors (Lipinski definition) is 3. The molecule has 1 fully saturated rings. The van der Waals surface area contributed by atoms with Crippen molar-refractivity contribution in [3.8, 4) is 0 Å². The number of hydrogen-bond donors (Lipinski definition) is 2. The fourth-order valence-corrected chi connectivity index (χ4v) is 2.89. The van der Waals surface area contributed by atoms with Gasteiger partial charge in [0.1, 0.15) is 0 Å². The second-order valence-corrected chi connectivity index (χ2v) is 5.13. The number of rotatable bonds is 2. The third kappa shape index (κ3) is 2.05. The van der Waals surface area contributed by atoms with Gasteiger partial charge in [-0.25, -0.2) is 0 Å². The zero-order valence-corrected chi connectivity index (χ0v) is 10.5. The Bertz CT molecular complexity index is 529. The van der Waals surface area contributed by atoms with Crippen LogP contribution in [0.2, 0.25) is 0 Å². The summed E-state index contributed by atoms with van der Waals surface area (Å²) in [6, 6.07) is 7.79. The molecule has 2 aliphatic heterocycles. The summed E-state index contributed by atoms with van der Waals surface area (Å²) in [4.78, 5) is 25.1. The number of carboxylic acid groups (broad SMARTS) is 1. The number of anilines is 1. The summed E-state index contributed by atoms with van der Waals surface area (Å²) in [6.07, 6.45) is 0.558. The molecule has 0 aliphatic carbocycles. The van der Waals surface area contributed by atoms with E-state index in [2.05, 4.69) is 5.32 Å². The van der Waals surface area contributed by atoms with E-state index in [1.165, 1.54) is 0 Å². The smallest absolute Gasteiger partial charge is 0.308 e. The standard InChI is InChI=1S/C14H16N2O3/c17-13(16-6-5-9(8-16)14(18)19)11-7-15-12-4-2-1-3-10(11)12/h1-4,9,11,15H,5-8H2,(H,18,19). The van der Waals surface area contributed by atoms with E-state index >= 15 is 0 Å². The van der Waals surface area contributed by atoms with Gasteiger partial charge in [0.2, 0.25) is 5.91 Å². The van der Waals surface area contributed by atoms with Gasteiger partial charge < -0.3 is 15.3 Å². The second kappa shape index (κ2) is 4.57. The Labute approximate surface area is 111 Å². The molecule has 0 spiro atoms. The van der Waals surface area contributed by atoms with Gasteiger partial charge in [0, 0.05) is 25.3 Å². The zero-order chi connectivity index (χ0) is 13.4. The van der Waals surface area contributed by atoms with E-state index in [1.54, 1.807) is 4.90 Å². The minimum atomic E-state index is -0.805. The number of carbonyl (C=O) groups is 2. The van der Waals surface area contributed by atoms with E-state index in [1.807, 2.05) is 24.3 Å². The Balaban J connectivity index is 1.74. The molecule has 0 aromatic heterocycles. The van der Waals surface area contributed by atoms with Crippen molar-refractivity contribution in [2.24, 2.45) is 5.92 Å². The van der Waals surface area contributed by atoms with Crippen LogP contribution in [-0.2, 0) is 9.59 Å². The number of fused-ring (bicyclic) bond motifs is 1. The summed E-state index contributed by atoms with van der Waals surface area (Å²) < 4.78 is 0. The lowest BCUT2D eigenvalue weighted by Gasteiger charge is -2.20. The maximum absolute atomic E-state index is 12.5. The minimum absolute atomic E-state index is 0.0428. The maximum Gasteiger partial charge on any atom is 0.308 e. The Kier molecular flexibility index (Phi) is 2.89. The fourth-order valence-electron chi connectivity index (χ4n) is 2.89. The molecule has 1 saturated heterocycles. The number of carbonyl (C=O) groups excluding carboxylic acids is 1. The first-order chi connectivity index (χ1) is 9.16. The molecule has 5 nitrogen and oxygen atoms in total. The molecule has 1 aromatic rings. The summed E-state index contributed by atoms with van der Waals surface area (Å²) in [5.74, 6) is -1.35. The van der Waals surface area contributed by atoms with Crippen LogP contribution in [0.4, 0.5) is 5.69 Å². The predicted octanol–water partition coefficient (Wildman–Crippen LogP) is 1.13. The van der Waals surface area contributed by atoms with Crippen LogP contribution in [0.25, 0.3) is 0 Å². The van der Waals surface area contributed by atoms with Crippen LogP contribution in [0.5, 0.6) is 0 Å². The highest BCUT2D eigenvalue weighted by Gasteiger charge is 2.36. The van der Waals surface area contributed by atoms with Crippen molar-refractivity contribution in [1.82, 2.24) is 4.90 Å². The summed E-state index contributed by atoms with van der Waals surface area (Å²) >= 11 is 0. The van der Waals surface area contributed by atoms with Crippen molar-refractivity contribution < 1.29 is 14.7 Å². The summed E-state index contributed by atoms with van der Waals surface area (Å²) in [5.41, 5.74) is 2.03. The van der Waals surface area contributed by atoms with Crippen molar-refractivity contribution in [1.29, 1.82) is 0 Å². The maximum atomic E-state index is 12.5. The quantitative estimate of drug-likeness (QED) is 0.836. The first kappa shape index (κ1) is 12.0. The van der Waals surface area contributed by atoms with E-state index in [0.29, 0.717) is 26.1 Å². The Morgan fingerprint density at radius 1 is 1.32 bits per heavy atom. The molecule has 19 heavy (non-hydrogen) atoms. The van der Waals surface area contributed by atoms with Gasteiger partial charge in [0.15, 0.2) is 0 Å². The van der Waals surface area contributed by atoms with Crippen LogP contribution in [0.3, 0.4) is 0 Å². The van der Waals surface area contributed by atoms with E-state index in [0.717, 1.165) is 11.3 Å². The number of carboxylic acids is 1. The predicted molar refractivity (Wildman–Crippen MR) is 70.0 cm³/mol. The molecule has 2 heterocycles.